The van der Waals surface area contributed by atoms with Crippen LogP contribution in [-0.4, -0.2) is 45.1 Å². The summed E-state index contributed by atoms with van der Waals surface area (Å²) >= 11 is 6.33. The Bertz CT molecular complexity index is 864. The first-order valence-electron chi connectivity index (χ1n) is 9.94. The van der Waals surface area contributed by atoms with Crippen molar-refractivity contribution in [3.8, 4) is 5.75 Å². The van der Waals surface area contributed by atoms with Gasteiger partial charge in [0, 0.05) is 29.7 Å². The molecule has 0 saturated heterocycles. The first-order valence-corrected chi connectivity index (χ1v) is 10.3. The van der Waals surface area contributed by atoms with Crippen LogP contribution in [0.5, 0.6) is 5.75 Å². The van der Waals surface area contributed by atoms with E-state index in [1.165, 1.54) is 0 Å². The molecule has 1 heterocycles. The number of nitrogens with zero attached hydrogens (tertiary/aromatic N) is 2. The average Bonchev–Trinajstić information content (AvgIpc) is 2.81. The molecule has 0 saturated carbocycles. The number of rotatable bonds is 7. The van der Waals surface area contributed by atoms with Crippen molar-refractivity contribution in [3.05, 3.63) is 71.3 Å². The Hall–Kier alpha value is -2.30. The summed E-state index contributed by atoms with van der Waals surface area (Å²) < 4.78 is 5.31. The van der Waals surface area contributed by atoms with Crippen molar-refractivity contribution in [2.75, 3.05) is 39.2 Å². The molecule has 0 bridgehead atoms. The molecule has 154 valence electrons. The molecule has 1 aliphatic heterocycles. The molecular weight excluding hydrogens is 384 g/mol. The van der Waals surface area contributed by atoms with Gasteiger partial charge in [0.05, 0.1) is 7.11 Å². The predicted octanol–water partition coefficient (Wildman–Crippen LogP) is 4.78. The monoisotopic (exact) mass is 412 g/mol. The van der Waals surface area contributed by atoms with Gasteiger partial charge in [0.2, 0.25) is 5.91 Å². The molecule has 0 aliphatic carbocycles. The Morgan fingerprint density at radius 1 is 1.24 bits per heavy atom. The zero-order valence-electron chi connectivity index (χ0n) is 17.4. The Labute approximate surface area is 178 Å². The van der Waals surface area contributed by atoms with E-state index in [1.54, 1.807) is 7.11 Å². The molecule has 3 rings (SSSR count). The highest BCUT2D eigenvalue weighted by molar-refractivity contribution is 6.30. The van der Waals surface area contributed by atoms with Gasteiger partial charge in [-0.15, -0.1) is 6.58 Å². The third kappa shape index (κ3) is 4.82. The highest BCUT2D eigenvalue weighted by Gasteiger charge is 2.37. The van der Waals surface area contributed by atoms with Gasteiger partial charge in [-0.2, -0.15) is 0 Å². The van der Waals surface area contributed by atoms with Crippen LogP contribution in [-0.2, 0) is 11.2 Å². The van der Waals surface area contributed by atoms with Gasteiger partial charge in [0.15, 0.2) is 0 Å². The SMILES string of the molecule is C=CC[C@H]1C(=O)N(CCN(C)C)c2ccc(Cl)cc2C[C@H]1c1ccc(OC)cc1. The quantitative estimate of drug-likeness (QED) is 0.614. The summed E-state index contributed by atoms with van der Waals surface area (Å²) in [5.41, 5.74) is 3.20. The maximum absolute atomic E-state index is 13.7. The molecule has 1 amide bonds. The van der Waals surface area contributed by atoms with Crippen molar-refractivity contribution < 1.29 is 9.53 Å². The number of hydrogen-bond donors (Lipinski definition) is 0. The number of halogens is 1. The van der Waals surface area contributed by atoms with E-state index in [1.807, 2.05) is 55.4 Å². The molecule has 0 unspecified atom stereocenters. The van der Waals surface area contributed by atoms with Gasteiger partial charge in [-0.05, 0) is 74.3 Å². The lowest BCUT2D eigenvalue weighted by Gasteiger charge is -2.29. The maximum Gasteiger partial charge on any atom is 0.231 e. The molecule has 4 nitrogen and oxygen atoms in total. The number of methoxy groups -OCH3 is 1. The van der Waals surface area contributed by atoms with Crippen LogP contribution in [0.3, 0.4) is 0 Å². The zero-order valence-corrected chi connectivity index (χ0v) is 18.2. The topological polar surface area (TPSA) is 32.8 Å². The minimum Gasteiger partial charge on any atom is -0.497 e. The fraction of sp³-hybridized carbons (Fsp3) is 0.375. The lowest BCUT2D eigenvalue weighted by Crippen LogP contribution is -2.41. The molecule has 2 atom stereocenters. The Morgan fingerprint density at radius 3 is 2.59 bits per heavy atom. The summed E-state index contributed by atoms with van der Waals surface area (Å²) in [6, 6.07) is 13.9. The van der Waals surface area contributed by atoms with Gasteiger partial charge in [-0.3, -0.25) is 4.79 Å². The molecule has 0 spiro atoms. The van der Waals surface area contributed by atoms with Crippen LogP contribution in [0.1, 0.15) is 23.5 Å². The summed E-state index contributed by atoms with van der Waals surface area (Å²) in [7, 11) is 5.70. The number of anilines is 1. The van der Waals surface area contributed by atoms with Gasteiger partial charge in [0.1, 0.15) is 5.75 Å². The van der Waals surface area contributed by atoms with Crippen molar-refractivity contribution in [2.24, 2.45) is 5.92 Å². The van der Waals surface area contributed by atoms with Crippen molar-refractivity contribution in [1.29, 1.82) is 0 Å². The van der Waals surface area contributed by atoms with Gasteiger partial charge >= 0.3 is 0 Å². The molecule has 1 aliphatic rings. The minimum absolute atomic E-state index is 0.0491. The second-order valence-electron chi connectivity index (χ2n) is 7.78. The minimum atomic E-state index is -0.172. The molecule has 0 N–H and O–H groups in total. The van der Waals surface area contributed by atoms with Crippen LogP contribution in [0, 0.1) is 5.92 Å². The molecule has 2 aromatic carbocycles. The smallest absolute Gasteiger partial charge is 0.231 e. The number of benzene rings is 2. The molecule has 29 heavy (non-hydrogen) atoms. The molecule has 0 aromatic heterocycles. The number of carbonyl (C=O) groups excluding carboxylic acids is 1. The first kappa shape index (κ1) is 21.4. The molecular formula is C24H29ClN2O2. The largest absolute Gasteiger partial charge is 0.497 e. The number of amides is 1. The summed E-state index contributed by atoms with van der Waals surface area (Å²) in [5, 5.41) is 0.694. The number of hydrogen-bond acceptors (Lipinski definition) is 3. The Kier molecular flexibility index (Phi) is 6.99. The zero-order chi connectivity index (χ0) is 21.0. The van der Waals surface area contributed by atoms with Crippen molar-refractivity contribution in [3.63, 3.8) is 0 Å². The second kappa shape index (κ2) is 9.47. The van der Waals surface area contributed by atoms with Crippen LogP contribution >= 0.6 is 11.6 Å². The highest BCUT2D eigenvalue weighted by atomic mass is 35.5. The normalized spacial score (nSPS) is 19.1. The number of allylic oxidation sites excluding steroid dienone is 1. The molecule has 2 aromatic rings. The molecule has 0 fully saturated rings. The highest BCUT2D eigenvalue weighted by Crippen LogP contribution is 2.40. The fourth-order valence-electron chi connectivity index (χ4n) is 4.03. The van der Waals surface area contributed by atoms with Gasteiger partial charge in [-0.25, -0.2) is 0 Å². The van der Waals surface area contributed by atoms with E-state index in [4.69, 9.17) is 16.3 Å². The van der Waals surface area contributed by atoms with Crippen LogP contribution in [0.25, 0.3) is 0 Å². The van der Waals surface area contributed by atoms with Crippen molar-refractivity contribution >= 4 is 23.2 Å². The van der Waals surface area contributed by atoms with E-state index >= 15 is 0 Å². The predicted molar refractivity (Wildman–Crippen MR) is 120 cm³/mol. The standard InChI is InChI=1S/C24H29ClN2O2/c1-5-6-21-22(17-7-10-20(29-4)11-8-17)16-18-15-19(25)9-12-23(18)27(24(21)28)14-13-26(2)3/h5,7-12,15,21-22H,1,6,13-14,16H2,2-4H3/t21-,22+/m1/s1. The maximum atomic E-state index is 13.7. The lowest BCUT2D eigenvalue weighted by molar-refractivity contribution is -0.122. The van der Waals surface area contributed by atoms with E-state index in [2.05, 4.69) is 23.6 Å². The first-order chi connectivity index (χ1) is 13.9. The number of likely N-dealkylation sites (N-methyl/N-ethyl adjacent to an activating group) is 1. The Morgan fingerprint density at radius 2 is 1.97 bits per heavy atom. The van der Waals surface area contributed by atoms with Crippen LogP contribution in [0.15, 0.2) is 55.1 Å². The lowest BCUT2D eigenvalue weighted by atomic mass is 9.80. The molecule has 5 heteroatoms. The van der Waals surface area contributed by atoms with Crippen LogP contribution < -0.4 is 9.64 Å². The van der Waals surface area contributed by atoms with Crippen LogP contribution in [0.4, 0.5) is 5.69 Å². The van der Waals surface area contributed by atoms with E-state index in [9.17, 15) is 4.79 Å². The van der Waals surface area contributed by atoms with Crippen molar-refractivity contribution in [1.82, 2.24) is 4.90 Å². The number of ether oxygens (including phenoxy) is 1. The summed E-state index contributed by atoms with van der Waals surface area (Å²) in [6.07, 6.45) is 3.24. The van der Waals surface area contributed by atoms with Gasteiger partial charge in [-0.1, -0.05) is 29.8 Å². The summed E-state index contributed by atoms with van der Waals surface area (Å²) in [4.78, 5) is 17.7. The third-order valence-corrected chi connectivity index (χ3v) is 5.81. The second-order valence-corrected chi connectivity index (χ2v) is 8.22. The van der Waals surface area contributed by atoms with Gasteiger partial charge in [0.25, 0.3) is 0 Å². The number of fused-ring (bicyclic) bond motifs is 1. The van der Waals surface area contributed by atoms with Gasteiger partial charge < -0.3 is 14.5 Å². The summed E-state index contributed by atoms with van der Waals surface area (Å²) in [6.45, 7) is 5.35. The Balaban J connectivity index is 2.07. The summed E-state index contributed by atoms with van der Waals surface area (Å²) in [5.74, 6) is 0.834. The van der Waals surface area contributed by atoms with Crippen LogP contribution in [0.2, 0.25) is 5.02 Å². The van der Waals surface area contributed by atoms with E-state index in [-0.39, 0.29) is 17.7 Å². The van der Waals surface area contributed by atoms with E-state index in [0.717, 1.165) is 35.5 Å². The average molecular weight is 413 g/mol. The van der Waals surface area contributed by atoms with E-state index in [0.29, 0.717) is 18.0 Å². The molecule has 0 radical (unpaired) electrons. The fourth-order valence-corrected chi connectivity index (χ4v) is 4.22. The van der Waals surface area contributed by atoms with E-state index < -0.39 is 0 Å². The third-order valence-electron chi connectivity index (χ3n) is 5.58. The van der Waals surface area contributed by atoms with Crippen molar-refractivity contribution in [2.45, 2.75) is 18.8 Å². The number of carbonyl (C=O) groups is 1.